The summed E-state index contributed by atoms with van der Waals surface area (Å²) in [6, 6.07) is 9.54. The molecule has 0 aromatic heterocycles. The Balaban J connectivity index is 1.70. The molecule has 0 radical (unpaired) electrons. The molecule has 1 N–H and O–H groups in total. The van der Waals surface area contributed by atoms with Crippen LogP contribution in [0.4, 0.5) is 5.69 Å². The second kappa shape index (κ2) is 7.99. The fourth-order valence-corrected chi connectivity index (χ4v) is 3.67. The number of guanidine groups is 1. The number of fused-ring (bicyclic) bond motifs is 1. The minimum Gasteiger partial charge on any atom is -0.379 e. The van der Waals surface area contributed by atoms with Crippen LogP contribution in [0.5, 0.6) is 0 Å². The van der Waals surface area contributed by atoms with Gasteiger partial charge >= 0.3 is 0 Å². The van der Waals surface area contributed by atoms with Crippen molar-refractivity contribution in [2.45, 2.75) is 39.3 Å². The van der Waals surface area contributed by atoms with Gasteiger partial charge in [0.2, 0.25) is 0 Å². The van der Waals surface area contributed by atoms with Crippen molar-refractivity contribution in [1.29, 1.82) is 0 Å². The third kappa shape index (κ3) is 3.73. The number of ether oxygens (including phenoxy) is 1. The van der Waals surface area contributed by atoms with Crippen molar-refractivity contribution < 1.29 is 4.74 Å². The summed E-state index contributed by atoms with van der Waals surface area (Å²) in [5.41, 5.74) is 2.71. The Labute approximate surface area is 145 Å². The highest BCUT2D eigenvalue weighted by Crippen LogP contribution is 2.27. The molecule has 1 aromatic carbocycles. The molecule has 24 heavy (non-hydrogen) atoms. The Bertz CT molecular complexity index is 574. The van der Waals surface area contributed by atoms with Crippen molar-refractivity contribution in [3.63, 3.8) is 0 Å². The molecular weight excluding hydrogens is 300 g/mol. The van der Waals surface area contributed by atoms with E-state index in [4.69, 9.17) is 9.73 Å². The van der Waals surface area contributed by atoms with Crippen molar-refractivity contribution >= 4 is 11.6 Å². The van der Waals surface area contributed by atoms with E-state index >= 15 is 0 Å². The molecule has 0 spiro atoms. The number of para-hydroxylation sites is 1. The lowest BCUT2D eigenvalue weighted by Crippen LogP contribution is -2.50. The molecule has 1 fully saturated rings. The van der Waals surface area contributed by atoms with Gasteiger partial charge in [-0.1, -0.05) is 18.2 Å². The zero-order chi connectivity index (χ0) is 16.9. The van der Waals surface area contributed by atoms with Gasteiger partial charge in [-0.2, -0.15) is 0 Å². The summed E-state index contributed by atoms with van der Waals surface area (Å²) in [4.78, 5) is 9.79. The molecule has 1 aromatic rings. The lowest BCUT2D eigenvalue weighted by atomic mass is 10.2. The number of benzene rings is 1. The molecule has 1 saturated heterocycles. The number of nitrogens with one attached hydrogen (secondary N) is 1. The zero-order valence-electron chi connectivity index (χ0n) is 15.2. The molecule has 5 heteroatoms. The summed E-state index contributed by atoms with van der Waals surface area (Å²) in [7, 11) is 0. The first-order valence-electron chi connectivity index (χ1n) is 9.18. The summed E-state index contributed by atoms with van der Waals surface area (Å²) in [6.07, 6.45) is 1.09. The normalized spacial score (nSPS) is 23.2. The van der Waals surface area contributed by atoms with Crippen molar-refractivity contribution in [2.75, 3.05) is 44.3 Å². The van der Waals surface area contributed by atoms with Crippen molar-refractivity contribution in [3.05, 3.63) is 29.8 Å². The number of rotatable bonds is 4. The predicted octanol–water partition coefficient (Wildman–Crippen LogP) is 2.12. The number of morpholine rings is 1. The molecule has 0 aliphatic carbocycles. The standard InChI is InChI=1S/C19H30N4O/c1-4-20-19(23-10-9-17-7-5-6-8-18(17)23)21-13-15(2)22-11-12-24-14-16(22)3/h5-8,15-16H,4,9-14H2,1-3H3,(H,20,21). The minimum atomic E-state index is 0.426. The fourth-order valence-electron chi connectivity index (χ4n) is 3.67. The second-order valence-electron chi connectivity index (χ2n) is 6.74. The number of hydrogen-bond donors (Lipinski definition) is 1. The highest BCUT2D eigenvalue weighted by molar-refractivity contribution is 5.97. The maximum atomic E-state index is 5.55. The summed E-state index contributed by atoms with van der Waals surface area (Å²) < 4.78 is 5.55. The first-order chi connectivity index (χ1) is 11.7. The molecule has 2 aliphatic heterocycles. The van der Waals surface area contributed by atoms with Gasteiger partial charge < -0.3 is 15.0 Å². The lowest BCUT2D eigenvalue weighted by molar-refractivity contribution is -0.0165. The van der Waals surface area contributed by atoms with Crippen LogP contribution in [0.15, 0.2) is 29.3 Å². The van der Waals surface area contributed by atoms with Gasteiger partial charge in [-0.05, 0) is 38.8 Å². The second-order valence-corrected chi connectivity index (χ2v) is 6.74. The van der Waals surface area contributed by atoms with Crippen LogP contribution < -0.4 is 10.2 Å². The van der Waals surface area contributed by atoms with Crippen molar-refractivity contribution in [1.82, 2.24) is 10.2 Å². The van der Waals surface area contributed by atoms with Gasteiger partial charge in [-0.3, -0.25) is 9.89 Å². The van der Waals surface area contributed by atoms with Gasteiger partial charge in [-0.15, -0.1) is 0 Å². The third-order valence-electron chi connectivity index (χ3n) is 4.97. The fraction of sp³-hybridized carbons (Fsp3) is 0.632. The van der Waals surface area contributed by atoms with Gasteiger partial charge in [0.05, 0.1) is 19.8 Å². The monoisotopic (exact) mass is 330 g/mol. The first kappa shape index (κ1) is 17.2. The van der Waals surface area contributed by atoms with Crippen LogP contribution in [0.1, 0.15) is 26.3 Å². The Hall–Kier alpha value is -1.59. The minimum absolute atomic E-state index is 0.426. The quantitative estimate of drug-likeness (QED) is 0.678. The van der Waals surface area contributed by atoms with Crippen LogP contribution >= 0.6 is 0 Å². The molecular formula is C19H30N4O. The molecule has 0 amide bonds. The summed E-state index contributed by atoms with van der Waals surface area (Å²) in [6.45, 7) is 12.0. The van der Waals surface area contributed by atoms with E-state index in [1.54, 1.807) is 0 Å². The third-order valence-corrected chi connectivity index (χ3v) is 4.97. The lowest BCUT2D eigenvalue weighted by Gasteiger charge is -2.37. The van der Waals surface area contributed by atoms with E-state index in [2.05, 4.69) is 60.2 Å². The van der Waals surface area contributed by atoms with E-state index in [-0.39, 0.29) is 0 Å². The molecule has 2 unspecified atom stereocenters. The molecule has 2 atom stereocenters. The zero-order valence-corrected chi connectivity index (χ0v) is 15.2. The average Bonchev–Trinajstić information content (AvgIpc) is 3.03. The van der Waals surface area contributed by atoms with Crippen LogP contribution in [0.25, 0.3) is 0 Å². The Morgan fingerprint density at radius 1 is 1.38 bits per heavy atom. The summed E-state index contributed by atoms with van der Waals surface area (Å²) in [5.74, 6) is 1.01. The Morgan fingerprint density at radius 3 is 3.00 bits per heavy atom. The first-order valence-corrected chi connectivity index (χ1v) is 9.18. The number of aliphatic imine (C=N–C) groups is 1. The molecule has 2 aliphatic rings. The molecule has 3 rings (SSSR count). The van der Waals surface area contributed by atoms with Crippen molar-refractivity contribution in [3.8, 4) is 0 Å². The summed E-state index contributed by atoms with van der Waals surface area (Å²) >= 11 is 0. The highest BCUT2D eigenvalue weighted by Gasteiger charge is 2.25. The maximum Gasteiger partial charge on any atom is 0.198 e. The Kier molecular flexibility index (Phi) is 5.74. The van der Waals surface area contributed by atoms with E-state index in [9.17, 15) is 0 Å². The molecule has 2 heterocycles. The molecule has 0 saturated carbocycles. The van der Waals surface area contributed by atoms with Gasteiger partial charge in [0.1, 0.15) is 0 Å². The van der Waals surface area contributed by atoms with Gasteiger partial charge in [0.25, 0.3) is 0 Å². The largest absolute Gasteiger partial charge is 0.379 e. The van der Waals surface area contributed by atoms with E-state index in [1.165, 1.54) is 11.3 Å². The highest BCUT2D eigenvalue weighted by atomic mass is 16.5. The smallest absolute Gasteiger partial charge is 0.198 e. The van der Waals surface area contributed by atoms with Gasteiger partial charge in [0.15, 0.2) is 5.96 Å². The number of nitrogens with zero attached hydrogens (tertiary/aromatic N) is 3. The predicted molar refractivity (Wildman–Crippen MR) is 99.9 cm³/mol. The molecule has 132 valence electrons. The Morgan fingerprint density at radius 2 is 2.21 bits per heavy atom. The van der Waals surface area contributed by atoms with Gasteiger partial charge in [-0.25, -0.2) is 0 Å². The topological polar surface area (TPSA) is 40.1 Å². The van der Waals surface area contributed by atoms with E-state index < -0.39 is 0 Å². The van der Waals surface area contributed by atoms with E-state index in [0.29, 0.717) is 12.1 Å². The maximum absolute atomic E-state index is 5.55. The molecule has 5 nitrogen and oxygen atoms in total. The van der Waals surface area contributed by atoms with E-state index in [1.807, 2.05) is 0 Å². The van der Waals surface area contributed by atoms with Crippen LogP contribution in [-0.2, 0) is 11.2 Å². The van der Waals surface area contributed by atoms with Crippen LogP contribution in [0, 0.1) is 0 Å². The van der Waals surface area contributed by atoms with Crippen LogP contribution in [0.2, 0.25) is 0 Å². The molecule has 0 bridgehead atoms. The summed E-state index contributed by atoms with van der Waals surface area (Å²) in [5, 5.41) is 3.47. The van der Waals surface area contributed by atoms with Crippen molar-refractivity contribution in [2.24, 2.45) is 4.99 Å². The number of anilines is 1. The van der Waals surface area contributed by atoms with Crippen LogP contribution in [0.3, 0.4) is 0 Å². The number of hydrogen-bond acceptors (Lipinski definition) is 3. The van der Waals surface area contributed by atoms with E-state index in [0.717, 1.165) is 51.8 Å². The SMILES string of the molecule is CCNC(=NCC(C)N1CCOCC1C)N1CCc2ccccc21. The van der Waals surface area contributed by atoms with Crippen LogP contribution in [-0.4, -0.2) is 62.3 Å². The van der Waals surface area contributed by atoms with Gasteiger partial charge in [0, 0.05) is 37.4 Å². The average molecular weight is 330 g/mol.